The van der Waals surface area contributed by atoms with Crippen LogP contribution in [-0.2, 0) is 13.6 Å². The van der Waals surface area contributed by atoms with Crippen molar-refractivity contribution in [3.05, 3.63) is 47.0 Å². The number of nitrogens with zero attached hydrogens (tertiary/aromatic N) is 3. The molecule has 0 unspecified atom stereocenters. The van der Waals surface area contributed by atoms with E-state index in [9.17, 15) is 4.39 Å². The lowest BCUT2D eigenvalue weighted by molar-refractivity contribution is 0.624. The van der Waals surface area contributed by atoms with Crippen LogP contribution in [-0.4, -0.2) is 9.78 Å². The SMILES string of the molecule is Cc1c(CNc2ccc(C#N)c(F)c2)cnn1C. The van der Waals surface area contributed by atoms with Crippen LogP contribution in [0.2, 0.25) is 0 Å². The highest BCUT2D eigenvalue weighted by Gasteiger charge is 2.05. The molecule has 0 saturated heterocycles. The predicted octanol–water partition coefficient (Wildman–Crippen LogP) is 2.35. The van der Waals surface area contributed by atoms with Gasteiger partial charge in [0.1, 0.15) is 11.9 Å². The second-order valence-electron chi connectivity index (χ2n) is 4.04. The van der Waals surface area contributed by atoms with E-state index in [4.69, 9.17) is 5.26 Å². The van der Waals surface area contributed by atoms with Crippen molar-refractivity contribution in [3.8, 4) is 6.07 Å². The summed E-state index contributed by atoms with van der Waals surface area (Å²) in [6.45, 7) is 2.55. The van der Waals surface area contributed by atoms with Gasteiger partial charge >= 0.3 is 0 Å². The molecule has 0 aliphatic rings. The molecule has 5 heteroatoms. The van der Waals surface area contributed by atoms with Gasteiger partial charge in [0, 0.05) is 30.5 Å². The summed E-state index contributed by atoms with van der Waals surface area (Å²) in [6.07, 6.45) is 1.78. The minimum absolute atomic E-state index is 0.0538. The van der Waals surface area contributed by atoms with Crippen molar-refractivity contribution < 1.29 is 4.39 Å². The van der Waals surface area contributed by atoms with E-state index < -0.39 is 5.82 Å². The van der Waals surface area contributed by atoms with Crippen LogP contribution < -0.4 is 5.32 Å². The van der Waals surface area contributed by atoms with E-state index >= 15 is 0 Å². The van der Waals surface area contributed by atoms with E-state index in [0.29, 0.717) is 12.2 Å². The van der Waals surface area contributed by atoms with Gasteiger partial charge in [-0.25, -0.2) is 4.39 Å². The van der Waals surface area contributed by atoms with E-state index in [-0.39, 0.29) is 5.56 Å². The number of aromatic nitrogens is 2. The molecule has 0 amide bonds. The van der Waals surface area contributed by atoms with Gasteiger partial charge in [-0.2, -0.15) is 10.4 Å². The van der Waals surface area contributed by atoms with Gasteiger partial charge < -0.3 is 5.32 Å². The van der Waals surface area contributed by atoms with Crippen LogP contribution in [0.15, 0.2) is 24.4 Å². The lowest BCUT2D eigenvalue weighted by atomic mass is 10.2. The summed E-state index contributed by atoms with van der Waals surface area (Å²) in [5.41, 5.74) is 2.83. The Morgan fingerprint density at radius 2 is 2.28 bits per heavy atom. The van der Waals surface area contributed by atoms with E-state index in [1.54, 1.807) is 23.0 Å². The summed E-state index contributed by atoms with van der Waals surface area (Å²) in [7, 11) is 1.88. The van der Waals surface area contributed by atoms with Gasteiger partial charge in [0.05, 0.1) is 11.8 Å². The van der Waals surface area contributed by atoms with E-state index in [2.05, 4.69) is 10.4 Å². The molecule has 0 spiro atoms. The molecule has 0 radical (unpaired) electrons. The van der Waals surface area contributed by atoms with Crippen LogP contribution in [0.4, 0.5) is 10.1 Å². The number of anilines is 1. The lowest BCUT2D eigenvalue weighted by Crippen LogP contribution is -2.02. The smallest absolute Gasteiger partial charge is 0.143 e. The van der Waals surface area contributed by atoms with Crippen LogP contribution in [0.1, 0.15) is 16.8 Å². The van der Waals surface area contributed by atoms with Crippen LogP contribution in [0, 0.1) is 24.1 Å². The highest BCUT2D eigenvalue weighted by atomic mass is 19.1. The molecule has 0 bridgehead atoms. The minimum Gasteiger partial charge on any atom is -0.381 e. The van der Waals surface area contributed by atoms with Crippen LogP contribution in [0.5, 0.6) is 0 Å². The van der Waals surface area contributed by atoms with Crippen molar-refractivity contribution in [2.24, 2.45) is 7.05 Å². The summed E-state index contributed by atoms with van der Waals surface area (Å²) < 4.78 is 15.2. The van der Waals surface area contributed by atoms with Crippen LogP contribution in [0.25, 0.3) is 0 Å². The number of halogens is 1. The molecular weight excluding hydrogens is 231 g/mol. The first-order chi connectivity index (χ1) is 8.61. The summed E-state index contributed by atoms with van der Waals surface area (Å²) in [6, 6.07) is 6.27. The van der Waals surface area contributed by atoms with Crippen molar-refractivity contribution in [1.82, 2.24) is 9.78 Å². The zero-order chi connectivity index (χ0) is 13.1. The fourth-order valence-corrected chi connectivity index (χ4v) is 1.63. The van der Waals surface area contributed by atoms with Gasteiger partial charge in [-0.05, 0) is 25.1 Å². The number of hydrogen-bond acceptors (Lipinski definition) is 3. The van der Waals surface area contributed by atoms with Gasteiger partial charge in [-0.3, -0.25) is 4.68 Å². The monoisotopic (exact) mass is 244 g/mol. The molecule has 0 aliphatic carbocycles. The number of rotatable bonds is 3. The maximum Gasteiger partial charge on any atom is 0.143 e. The summed E-state index contributed by atoms with van der Waals surface area (Å²) in [4.78, 5) is 0. The molecule has 0 atom stereocenters. The summed E-state index contributed by atoms with van der Waals surface area (Å²) in [5, 5.41) is 15.9. The third-order valence-corrected chi connectivity index (χ3v) is 2.91. The topological polar surface area (TPSA) is 53.6 Å². The van der Waals surface area contributed by atoms with Crippen molar-refractivity contribution in [1.29, 1.82) is 5.26 Å². The molecule has 1 N–H and O–H groups in total. The summed E-state index contributed by atoms with van der Waals surface area (Å²) in [5.74, 6) is -0.509. The minimum atomic E-state index is -0.509. The van der Waals surface area contributed by atoms with Crippen molar-refractivity contribution in [3.63, 3.8) is 0 Å². The van der Waals surface area contributed by atoms with Gasteiger partial charge in [-0.1, -0.05) is 0 Å². The fraction of sp³-hybridized carbons (Fsp3) is 0.231. The molecule has 0 aliphatic heterocycles. The third kappa shape index (κ3) is 2.33. The second kappa shape index (κ2) is 4.88. The first-order valence-electron chi connectivity index (χ1n) is 5.53. The largest absolute Gasteiger partial charge is 0.381 e. The molecule has 1 aromatic heterocycles. The molecule has 4 nitrogen and oxygen atoms in total. The predicted molar refractivity (Wildman–Crippen MR) is 66.4 cm³/mol. The lowest BCUT2D eigenvalue weighted by Gasteiger charge is -2.06. The van der Waals surface area contributed by atoms with Crippen molar-refractivity contribution in [2.45, 2.75) is 13.5 Å². The Morgan fingerprint density at radius 1 is 1.50 bits per heavy atom. The van der Waals surface area contributed by atoms with E-state index in [0.717, 1.165) is 11.3 Å². The Labute approximate surface area is 105 Å². The number of hydrogen-bond donors (Lipinski definition) is 1. The molecule has 0 saturated carbocycles. The molecule has 18 heavy (non-hydrogen) atoms. The third-order valence-electron chi connectivity index (χ3n) is 2.91. The van der Waals surface area contributed by atoms with Gasteiger partial charge in [-0.15, -0.1) is 0 Å². The number of nitriles is 1. The normalized spacial score (nSPS) is 10.1. The standard InChI is InChI=1S/C13H13FN4/c1-9-11(8-17-18(9)2)7-16-12-4-3-10(6-15)13(14)5-12/h3-5,8,16H,7H2,1-2H3. The highest BCUT2D eigenvalue weighted by molar-refractivity contribution is 5.48. The van der Waals surface area contributed by atoms with Crippen molar-refractivity contribution in [2.75, 3.05) is 5.32 Å². The Morgan fingerprint density at radius 3 is 2.83 bits per heavy atom. The molecule has 2 rings (SSSR count). The maximum atomic E-state index is 13.4. The zero-order valence-electron chi connectivity index (χ0n) is 10.2. The average Bonchev–Trinajstić information content (AvgIpc) is 2.68. The van der Waals surface area contributed by atoms with E-state index in [1.807, 2.05) is 14.0 Å². The first kappa shape index (κ1) is 12.1. The van der Waals surface area contributed by atoms with Gasteiger partial charge in [0.15, 0.2) is 0 Å². The van der Waals surface area contributed by atoms with Crippen molar-refractivity contribution >= 4 is 5.69 Å². The molecule has 0 fully saturated rings. The molecule has 1 aromatic carbocycles. The quantitative estimate of drug-likeness (QED) is 0.901. The summed E-state index contributed by atoms with van der Waals surface area (Å²) >= 11 is 0. The fourth-order valence-electron chi connectivity index (χ4n) is 1.63. The zero-order valence-corrected chi connectivity index (χ0v) is 10.2. The number of nitrogens with one attached hydrogen (secondary N) is 1. The Balaban J connectivity index is 2.09. The van der Waals surface area contributed by atoms with Gasteiger partial charge in [0.2, 0.25) is 0 Å². The van der Waals surface area contributed by atoms with E-state index in [1.165, 1.54) is 12.1 Å². The first-order valence-corrected chi connectivity index (χ1v) is 5.53. The average molecular weight is 244 g/mol. The highest BCUT2D eigenvalue weighted by Crippen LogP contribution is 2.15. The number of aryl methyl sites for hydroxylation is 1. The molecule has 92 valence electrons. The Bertz CT molecular complexity index is 610. The molecule has 2 aromatic rings. The molecular formula is C13H13FN4. The second-order valence-corrected chi connectivity index (χ2v) is 4.04. The Kier molecular flexibility index (Phi) is 3.28. The van der Waals surface area contributed by atoms with Crippen LogP contribution in [0.3, 0.4) is 0 Å². The molecule has 1 heterocycles. The maximum absolute atomic E-state index is 13.4. The Hall–Kier alpha value is -2.35. The number of benzene rings is 1. The van der Waals surface area contributed by atoms with Gasteiger partial charge in [0.25, 0.3) is 0 Å². The van der Waals surface area contributed by atoms with Crippen LogP contribution >= 0.6 is 0 Å².